The number of rotatable bonds is 2. The summed E-state index contributed by atoms with van der Waals surface area (Å²) in [6.07, 6.45) is 0.549. The molecule has 2 rings (SSSR count). The summed E-state index contributed by atoms with van der Waals surface area (Å²) in [6.45, 7) is 5.57. The van der Waals surface area contributed by atoms with Crippen LogP contribution in [0.4, 0.5) is 5.69 Å². The average molecular weight is 281 g/mol. The molecule has 2 amide bonds. The number of aryl methyl sites for hydroxylation is 1. The fraction of sp³-hybridized carbons (Fsp3) is 0.429. The summed E-state index contributed by atoms with van der Waals surface area (Å²) >= 11 is 5.99. The minimum atomic E-state index is -0.843. The molecule has 1 aliphatic rings. The van der Waals surface area contributed by atoms with E-state index < -0.39 is 5.54 Å². The number of carbonyl (C=O) groups is 2. The monoisotopic (exact) mass is 280 g/mol. The lowest BCUT2D eigenvalue weighted by Crippen LogP contribution is -2.65. The number of anilines is 1. The second-order valence-electron chi connectivity index (χ2n) is 5.06. The summed E-state index contributed by atoms with van der Waals surface area (Å²) in [6, 6.07) is 5.35. The van der Waals surface area contributed by atoms with Crippen LogP contribution < -0.4 is 10.2 Å². The van der Waals surface area contributed by atoms with Crippen LogP contribution in [-0.2, 0) is 9.59 Å². The van der Waals surface area contributed by atoms with Gasteiger partial charge in [0.25, 0.3) is 5.91 Å². The molecule has 0 radical (unpaired) electrons. The van der Waals surface area contributed by atoms with Gasteiger partial charge in [-0.2, -0.15) is 0 Å². The lowest BCUT2D eigenvalue weighted by Gasteiger charge is -2.39. The fourth-order valence-electron chi connectivity index (χ4n) is 2.22. The Hall–Kier alpha value is -1.55. The van der Waals surface area contributed by atoms with Gasteiger partial charge in [-0.15, -0.1) is 0 Å². The number of nitrogens with one attached hydrogen (secondary N) is 1. The molecule has 1 aromatic rings. The van der Waals surface area contributed by atoms with Gasteiger partial charge in [0.15, 0.2) is 0 Å². The van der Waals surface area contributed by atoms with Crippen molar-refractivity contribution < 1.29 is 9.59 Å². The van der Waals surface area contributed by atoms with Crippen molar-refractivity contribution in [3.05, 3.63) is 28.8 Å². The highest BCUT2D eigenvalue weighted by Crippen LogP contribution is 2.28. The Labute approximate surface area is 117 Å². The van der Waals surface area contributed by atoms with Crippen LogP contribution in [0.2, 0.25) is 5.02 Å². The summed E-state index contributed by atoms with van der Waals surface area (Å²) in [7, 11) is 0. The van der Waals surface area contributed by atoms with E-state index in [1.807, 2.05) is 19.9 Å². The summed E-state index contributed by atoms with van der Waals surface area (Å²) < 4.78 is 0. The first-order valence-electron chi connectivity index (χ1n) is 6.26. The van der Waals surface area contributed by atoms with Crippen molar-refractivity contribution >= 4 is 29.1 Å². The Morgan fingerprint density at radius 2 is 2.11 bits per heavy atom. The minimum Gasteiger partial charge on any atom is -0.340 e. The maximum atomic E-state index is 12.6. The molecule has 0 aromatic heterocycles. The Balaban J connectivity index is 2.46. The van der Waals surface area contributed by atoms with Crippen molar-refractivity contribution in [2.45, 2.75) is 32.7 Å². The van der Waals surface area contributed by atoms with Crippen LogP contribution in [0.3, 0.4) is 0 Å². The molecule has 1 aliphatic heterocycles. The molecule has 1 N–H and O–H groups in total. The van der Waals surface area contributed by atoms with E-state index in [1.54, 1.807) is 19.1 Å². The van der Waals surface area contributed by atoms with Crippen LogP contribution in [0.1, 0.15) is 25.8 Å². The number of benzene rings is 1. The number of hydrogen-bond acceptors (Lipinski definition) is 2. The van der Waals surface area contributed by atoms with Gasteiger partial charge in [-0.3, -0.25) is 9.59 Å². The van der Waals surface area contributed by atoms with E-state index >= 15 is 0 Å². The van der Waals surface area contributed by atoms with E-state index in [-0.39, 0.29) is 18.4 Å². The van der Waals surface area contributed by atoms with Gasteiger partial charge in [0.2, 0.25) is 5.91 Å². The Bertz CT molecular complexity index is 544. The molecule has 0 spiro atoms. The molecule has 1 saturated heterocycles. The molecule has 0 bridgehead atoms. The normalized spacial score (nSPS) is 23.5. The molecule has 1 unspecified atom stereocenters. The van der Waals surface area contributed by atoms with E-state index in [9.17, 15) is 9.59 Å². The quantitative estimate of drug-likeness (QED) is 0.903. The van der Waals surface area contributed by atoms with Crippen LogP contribution >= 0.6 is 11.6 Å². The molecule has 1 atom stereocenters. The number of carbonyl (C=O) groups excluding carboxylic acids is 2. The van der Waals surface area contributed by atoms with Crippen LogP contribution in [-0.4, -0.2) is 23.9 Å². The summed E-state index contributed by atoms with van der Waals surface area (Å²) in [4.78, 5) is 25.9. The van der Waals surface area contributed by atoms with Gasteiger partial charge in [0, 0.05) is 10.7 Å². The lowest BCUT2D eigenvalue weighted by atomic mass is 9.93. The third-order valence-electron chi connectivity index (χ3n) is 3.60. The summed E-state index contributed by atoms with van der Waals surface area (Å²) in [5.41, 5.74) is 0.780. The molecule has 1 heterocycles. The van der Waals surface area contributed by atoms with Gasteiger partial charge in [-0.05, 0) is 38.0 Å². The molecular formula is C14H17ClN2O2. The van der Waals surface area contributed by atoms with Crippen LogP contribution in [0, 0.1) is 6.92 Å². The van der Waals surface area contributed by atoms with E-state index in [4.69, 9.17) is 11.6 Å². The molecule has 19 heavy (non-hydrogen) atoms. The highest BCUT2D eigenvalue weighted by Gasteiger charge is 2.42. The van der Waals surface area contributed by atoms with Gasteiger partial charge in [0.05, 0.1) is 0 Å². The van der Waals surface area contributed by atoms with Crippen molar-refractivity contribution in [1.82, 2.24) is 5.32 Å². The van der Waals surface area contributed by atoms with Crippen LogP contribution in [0.25, 0.3) is 0 Å². The molecule has 1 fully saturated rings. The van der Waals surface area contributed by atoms with Crippen molar-refractivity contribution in [3.63, 3.8) is 0 Å². The molecule has 0 saturated carbocycles. The highest BCUT2D eigenvalue weighted by molar-refractivity contribution is 6.31. The second-order valence-corrected chi connectivity index (χ2v) is 5.49. The molecule has 102 valence electrons. The Kier molecular flexibility index (Phi) is 3.54. The van der Waals surface area contributed by atoms with Crippen LogP contribution in [0.5, 0.6) is 0 Å². The predicted octanol–water partition coefficient (Wildman–Crippen LogP) is 2.28. The zero-order valence-electron chi connectivity index (χ0n) is 11.3. The number of amides is 2. The first-order chi connectivity index (χ1) is 8.87. The molecule has 4 nitrogen and oxygen atoms in total. The smallest absolute Gasteiger partial charge is 0.252 e. The van der Waals surface area contributed by atoms with Crippen molar-refractivity contribution in [2.24, 2.45) is 0 Å². The number of halogens is 1. The summed E-state index contributed by atoms with van der Waals surface area (Å²) in [5.74, 6) is -0.247. The van der Waals surface area contributed by atoms with E-state index in [2.05, 4.69) is 5.32 Å². The summed E-state index contributed by atoms with van der Waals surface area (Å²) in [5, 5.41) is 3.32. The molecule has 5 heteroatoms. The topological polar surface area (TPSA) is 49.4 Å². The minimum absolute atomic E-state index is 0.0373. The largest absolute Gasteiger partial charge is 0.340 e. The van der Waals surface area contributed by atoms with E-state index in [1.165, 1.54) is 4.90 Å². The van der Waals surface area contributed by atoms with Crippen molar-refractivity contribution in [1.29, 1.82) is 0 Å². The number of nitrogens with zero attached hydrogens (tertiary/aromatic N) is 1. The fourth-order valence-corrected chi connectivity index (χ4v) is 2.39. The van der Waals surface area contributed by atoms with Gasteiger partial charge >= 0.3 is 0 Å². The highest BCUT2D eigenvalue weighted by atomic mass is 35.5. The molecule has 0 aliphatic carbocycles. The van der Waals surface area contributed by atoms with Crippen LogP contribution in [0.15, 0.2) is 18.2 Å². The maximum Gasteiger partial charge on any atom is 0.252 e. The molecular weight excluding hydrogens is 264 g/mol. The maximum absolute atomic E-state index is 12.6. The second kappa shape index (κ2) is 4.85. The van der Waals surface area contributed by atoms with E-state index in [0.717, 1.165) is 5.56 Å². The van der Waals surface area contributed by atoms with Crippen molar-refractivity contribution in [3.8, 4) is 0 Å². The van der Waals surface area contributed by atoms with Gasteiger partial charge in [0.1, 0.15) is 12.1 Å². The Morgan fingerprint density at radius 1 is 1.42 bits per heavy atom. The lowest BCUT2D eigenvalue weighted by molar-refractivity contribution is -0.135. The third kappa shape index (κ3) is 2.45. The van der Waals surface area contributed by atoms with Crippen molar-refractivity contribution in [2.75, 3.05) is 11.4 Å². The number of hydrogen-bond donors (Lipinski definition) is 1. The van der Waals surface area contributed by atoms with Gasteiger partial charge < -0.3 is 10.2 Å². The first-order valence-corrected chi connectivity index (χ1v) is 6.64. The zero-order chi connectivity index (χ0) is 14.2. The Morgan fingerprint density at radius 3 is 2.74 bits per heavy atom. The zero-order valence-corrected chi connectivity index (χ0v) is 12.0. The van der Waals surface area contributed by atoms with Gasteiger partial charge in [-0.25, -0.2) is 0 Å². The predicted molar refractivity (Wildman–Crippen MR) is 75.4 cm³/mol. The van der Waals surface area contributed by atoms with Gasteiger partial charge in [-0.1, -0.05) is 24.6 Å². The van der Waals surface area contributed by atoms with E-state index in [0.29, 0.717) is 17.1 Å². The SMILES string of the molecule is CCC1(C)NC(=O)CN(c2cc(Cl)ccc2C)C1=O. The number of piperazine rings is 1. The first kappa shape index (κ1) is 13.9. The average Bonchev–Trinajstić information content (AvgIpc) is 2.37. The molecule has 1 aromatic carbocycles. The third-order valence-corrected chi connectivity index (χ3v) is 3.84. The standard InChI is InChI=1S/C14H17ClN2O2/c1-4-14(3)13(19)17(8-12(18)16-14)11-7-10(15)6-5-9(11)2/h5-7H,4,8H2,1-3H3,(H,16,18).